The minimum atomic E-state index is -0.389. The summed E-state index contributed by atoms with van der Waals surface area (Å²) in [6, 6.07) is 0. The van der Waals surface area contributed by atoms with Gasteiger partial charge in [-0.1, -0.05) is 349 Å². The predicted molar refractivity (Wildman–Crippen MR) is 381 cm³/mol. The Kier molecular flexibility index (Phi) is 76.9. The highest BCUT2D eigenvalue weighted by Crippen LogP contribution is 2.20. The molecule has 0 bridgehead atoms. The van der Waals surface area contributed by atoms with Crippen LogP contribution in [-0.4, -0.2) is 64.8 Å². The zero-order valence-corrected chi connectivity index (χ0v) is 60.1. The molecule has 0 aromatic heterocycles. The second kappa shape index (κ2) is 77.6. The first kappa shape index (κ1) is 86.2. The molecule has 0 saturated heterocycles. The van der Waals surface area contributed by atoms with Gasteiger partial charge in [0, 0.05) is 26.4 Å². The topological polar surface area (TPSA) is 64.6 Å². The fraction of sp³-hybridized carbons (Fsp3) is 0.950. The molecule has 0 aliphatic carbocycles. The molecule has 0 saturated carbocycles. The lowest BCUT2D eigenvalue weighted by Gasteiger charge is -2.22. The Bertz CT molecular complexity index is 1140. The molecule has 0 aromatic rings. The zero-order valence-electron chi connectivity index (χ0n) is 60.1. The third-order valence-electron chi connectivity index (χ3n) is 17.7. The molecule has 0 amide bonds. The number of ether oxygens (including phenoxy) is 7. The molecule has 2 unspecified atom stereocenters. The molecular weight excluding hydrogens is 1070 g/mol. The summed E-state index contributed by atoms with van der Waals surface area (Å²) in [5.74, 6) is 0. The van der Waals surface area contributed by atoms with E-state index in [-0.39, 0.29) is 25.2 Å². The molecule has 0 N–H and O–H groups in total. The lowest BCUT2D eigenvalue weighted by Crippen LogP contribution is -2.25. The molecule has 2 atom stereocenters. The van der Waals surface area contributed by atoms with E-state index in [2.05, 4.69) is 65.8 Å². The van der Waals surface area contributed by atoms with Crippen molar-refractivity contribution < 1.29 is 33.2 Å². The van der Waals surface area contributed by atoms with Gasteiger partial charge in [-0.25, -0.2) is 0 Å². The molecule has 0 aliphatic heterocycles. The summed E-state index contributed by atoms with van der Waals surface area (Å²) in [6.45, 7) is 18.6. The number of allylic oxidation sites excluding steroid dienone is 2. The Hall–Kier alpha value is -0.800. The second-order valence-electron chi connectivity index (χ2n) is 26.6. The summed E-state index contributed by atoms with van der Waals surface area (Å²) in [4.78, 5) is 0. The fourth-order valence-corrected chi connectivity index (χ4v) is 11.8. The van der Waals surface area contributed by atoms with Gasteiger partial charge in [-0.05, 0) is 102 Å². The van der Waals surface area contributed by atoms with Crippen LogP contribution in [0.4, 0.5) is 0 Å². The maximum absolute atomic E-state index is 6.71. The van der Waals surface area contributed by atoms with Crippen LogP contribution in [0.15, 0.2) is 24.3 Å². The van der Waals surface area contributed by atoms with E-state index < -0.39 is 0 Å². The van der Waals surface area contributed by atoms with Gasteiger partial charge in [0.2, 0.25) is 0 Å². The first-order chi connectivity index (χ1) is 43.1. The SMILES string of the molecule is CCCCCCCCCOC(C=CCCCCCCCCCC(OCCCCCCCCC)OCCCCCCCCC)OC(C=CCCCCCCCCCC(OCCCCCCCCC)OCCCCCCCCC)OCCCCCCCCC. The van der Waals surface area contributed by atoms with Crippen LogP contribution in [-0.2, 0) is 33.2 Å². The Morgan fingerprint density at radius 1 is 0.195 bits per heavy atom. The monoisotopic (exact) mass is 1230 g/mol. The van der Waals surface area contributed by atoms with Crippen LogP contribution in [0.25, 0.3) is 0 Å². The number of rotatable bonds is 78. The fourth-order valence-electron chi connectivity index (χ4n) is 11.8. The largest absolute Gasteiger partial charge is 0.353 e. The molecule has 87 heavy (non-hydrogen) atoms. The molecule has 0 fully saturated rings. The van der Waals surface area contributed by atoms with Crippen molar-refractivity contribution in [1.82, 2.24) is 0 Å². The van der Waals surface area contributed by atoms with Crippen LogP contribution < -0.4 is 0 Å². The lowest BCUT2D eigenvalue weighted by molar-refractivity contribution is -0.208. The molecule has 0 aromatic carbocycles. The van der Waals surface area contributed by atoms with Crippen molar-refractivity contribution in [2.24, 2.45) is 0 Å². The van der Waals surface area contributed by atoms with E-state index in [0.717, 1.165) is 78.2 Å². The van der Waals surface area contributed by atoms with E-state index in [9.17, 15) is 0 Å². The molecule has 7 nitrogen and oxygen atoms in total. The van der Waals surface area contributed by atoms with Gasteiger partial charge < -0.3 is 33.2 Å². The summed E-state index contributed by atoms with van der Waals surface area (Å²) in [5, 5.41) is 0. The first-order valence-corrected chi connectivity index (χ1v) is 39.8. The number of hydrogen-bond acceptors (Lipinski definition) is 7. The van der Waals surface area contributed by atoms with Gasteiger partial charge in [0.05, 0.1) is 13.2 Å². The Balaban J connectivity index is 5.15. The van der Waals surface area contributed by atoms with Gasteiger partial charge in [-0.15, -0.1) is 0 Å². The van der Waals surface area contributed by atoms with E-state index in [1.807, 2.05) is 0 Å². The van der Waals surface area contributed by atoms with Crippen LogP contribution in [0, 0.1) is 0 Å². The van der Waals surface area contributed by atoms with Crippen LogP contribution in [0.5, 0.6) is 0 Å². The van der Waals surface area contributed by atoms with E-state index in [0.29, 0.717) is 0 Å². The number of unbranched alkanes of at least 4 members (excludes halogenated alkanes) is 50. The molecule has 0 rings (SSSR count). The van der Waals surface area contributed by atoms with E-state index in [1.54, 1.807) is 0 Å². The Labute approximate surface area is 546 Å². The van der Waals surface area contributed by atoms with Crippen LogP contribution in [0.3, 0.4) is 0 Å². The van der Waals surface area contributed by atoms with Gasteiger partial charge in [-0.2, -0.15) is 0 Å². The van der Waals surface area contributed by atoms with Gasteiger partial charge >= 0.3 is 0 Å². The number of hydrogen-bond donors (Lipinski definition) is 0. The van der Waals surface area contributed by atoms with Crippen molar-refractivity contribution in [2.75, 3.05) is 39.6 Å². The standard InChI is InChI=1S/C80H158O7/c1-7-13-19-25-41-51-61-71-81-77(82-72-62-52-42-26-20-14-8-2)67-57-47-37-33-31-35-39-49-59-69-79(85-75-65-55-45-29-23-17-11-5)87-80(86-76-66-56-46-30-24-18-12-6)70-60-50-40-36-32-34-38-48-58-68-78(83-73-63-53-43-27-21-15-9-3)84-74-64-54-44-28-22-16-10-4/h59-60,69-70,77-80H,7-58,61-68,71-76H2,1-6H3. The van der Waals surface area contributed by atoms with Crippen LogP contribution in [0.1, 0.15) is 427 Å². The molecule has 0 spiro atoms. The summed E-state index contributed by atoms with van der Waals surface area (Å²) >= 11 is 0. The van der Waals surface area contributed by atoms with Gasteiger partial charge in [0.15, 0.2) is 25.2 Å². The minimum absolute atomic E-state index is 0.0202. The van der Waals surface area contributed by atoms with Crippen molar-refractivity contribution in [3.8, 4) is 0 Å². The molecule has 7 heteroatoms. The summed E-state index contributed by atoms with van der Waals surface area (Å²) in [7, 11) is 0. The smallest absolute Gasteiger partial charge is 0.180 e. The highest BCUT2D eigenvalue weighted by atomic mass is 16.8. The van der Waals surface area contributed by atoms with E-state index >= 15 is 0 Å². The highest BCUT2D eigenvalue weighted by molar-refractivity contribution is 4.90. The van der Waals surface area contributed by atoms with Gasteiger partial charge in [0.25, 0.3) is 0 Å². The third kappa shape index (κ3) is 70.9. The second-order valence-corrected chi connectivity index (χ2v) is 26.6. The summed E-state index contributed by atoms with van der Waals surface area (Å²) in [5.41, 5.74) is 0. The molecule has 0 aliphatic rings. The zero-order chi connectivity index (χ0) is 62.8. The maximum Gasteiger partial charge on any atom is 0.180 e. The predicted octanol–water partition coefficient (Wildman–Crippen LogP) is 27.0. The quantitative estimate of drug-likeness (QED) is 0.0341. The Morgan fingerprint density at radius 3 is 0.609 bits per heavy atom. The molecule has 520 valence electrons. The first-order valence-electron chi connectivity index (χ1n) is 39.8. The molecule has 0 radical (unpaired) electrons. The van der Waals surface area contributed by atoms with Gasteiger partial charge in [-0.3, -0.25) is 0 Å². The third-order valence-corrected chi connectivity index (χ3v) is 17.7. The maximum atomic E-state index is 6.71. The van der Waals surface area contributed by atoms with Crippen molar-refractivity contribution in [3.63, 3.8) is 0 Å². The van der Waals surface area contributed by atoms with Crippen molar-refractivity contribution in [1.29, 1.82) is 0 Å². The van der Waals surface area contributed by atoms with E-state index in [1.165, 1.54) is 347 Å². The average Bonchev–Trinajstić information content (AvgIpc) is 3.55. The molecule has 0 heterocycles. The normalized spacial score (nSPS) is 12.9. The molecular formula is C80H158O7. The Morgan fingerprint density at radius 2 is 0.379 bits per heavy atom. The van der Waals surface area contributed by atoms with Crippen LogP contribution >= 0.6 is 0 Å². The van der Waals surface area contributed by atoms with Crippen molar-refractivity contribution in [2.45, 2.75) is 452 Å². The van der Waals surface area contributed by atoms with Crippen molar-refractivity contribution >= 4 is 0 Å². The summed E-state index contributed by atoms with van der Waals surface area (Å²) < 4.78 is 45.2. The summed E-state index contributed by atoms with van der Waals surface area (Å²) in [6.07, 6.45) is 85.0. The average molecular weight is 1230 g/mol. The minimum Gasteiger partial charge on any atom is -0.353 e. The van der Waals surface area contributed by atoms with Crippen molar-refractivity contribution in [3.05, 3.63) is 24.3 Å². The van der Waals surface area contributed by atoms with E-state index in [4.69, 9.17) is 33.2 Å². The van der Waals surface area contributed by atoms with Gasteiger partial charge in [0.1, 0.15) is 0 Å². The highest BCUT2D eigenvalue weighted by Gasteiger charge is 2.15. The lowest BCUT2D eigenvalue weighted by atomic mass is 10.1. The van der Waals surface area contributed by atoms with Crippen LogP contribution in [0.2, 0.25) is 0 Å².